The maximum Gasteiger partial charge on any atom is 0.267 e. The minimum atomic E-state index is -0.691. The number of amides is 1. The average molecular weight is 436 g/mol. The van der Waals surface area contributed by atoms with Gasteiger partial charge in [-0.25, -0.2) is 4.98 Å². The van der Waals surface area contributed by atoms with Crippen molar-refractivity contribution in [3.05, 3.63) is 47.8 Å². The number of pyridine rings is 1. The number of aliphatic hydroxyl groups is 1. The molecule has 0 radical (unpaired) electrons. The van der Waals surface area contributed by atoms with Gasteiger partial charge in [-0.05, 0) is 52.6 Å². The van der Waals surface area contributed by atoms with Crippen molar-refractivity contribution in [2.24, 2.45) is 5.73 Å². The van der Waals surface area contributed by atoms with Crippen molar-refractivity contribution >= 4 is 23.6 Å². The van der Waals surface area contributed by atoms with Gasteiger partial charge in [-0.1, -0.05) is 24.0 Å². The van der Waals surface area contributed by atoms with Gasteiger partial charge in [0.2, 0.25) is 0 Å². The molecule has 1 amide bonds. The summed E-state index contributed by atoms with van der Waals surface area (Å²) >= 11 is 0. The van der Waals surface area contributed by atoms with Crippen LogP contribution in [0.4, 0.5) is 0 Å². The number of nitrogens with zero attached hydrogens (tertiary/aromatic N) is 4. The Morgan fingerprint density at radius 1 is 1.28 bits per heavy atom. The van der Waals surface area contributed by atoms with E-state index in [2.05, 4.69) is 21.9 Å². The highest BCUT2D eigenvalue weighted by Gasteiger charge is 2.16. The zero-order chi connectivity index (χ0) is 23.8. The Labute approximate surface area is 188 Å². The second-order valence-electron chi connectivity index (χ2n) is 7.79. The first kappa shape index (κ1) is 24.7. The average Bonchev–Trinajstić information content (AvgIpc) is 3.21. The fourth-order valence-electron chi connectivity index (χ4n) is 3.16. The number of carbonyl (C=O) groups is 2. The van der Waals surface area contributed by atoms with Crippen LogP contribution in [0, 0.1) is 11.8 Å². The SMILES string of the molecule is C=O.CC(C)n1ncc2c(-c3cccc(C#C[C@H](O)CCN(C)C)c3)nc(C(N)=O)cc21. The lowest BCUT2D eigenvalue weighted by molar-refractivity contribution is -0.0980. The van der Waals surface area contributed by atoms with Crippen LogP contribution in [-0.4, -0.2) is 64.2 Å². The smallest absolute Gasteiger partial charge is 0.267 e. The number of hydrogen-bond acceptors (Lipinski definition) is 6. The van der Waals surface area contributed by atoms with Crippen LogP contribution in [0.3, 0.4) is 0 Å². The van der Waals surface area contributed by atoms with Crippen molar-refractivity contribution in [2.75, 3.05) is 20.6 Å². The molecule has 3 rings (SSSR count). The third-order valence-corrected chi connectivity index (χ3v) is 4.71. The molecule has 0 fully saturated rings. The summed E-state index contributed by atoms with van der Waals surface area (Å²) in [4.78, 5) is 26.4. The van der Waals surface area contributed by atoms with Crippen molar-refractivity contribution < 1.29 is 14.7 Å². The van der Waals surface area contributed by atoms with Crippen molar-refractivity contribution in [2.45, 2.75) is 32.4 Å². The number of nitrogens with two attached hydrogens (primary N) is 1. The van der Waals surface area contributed by atoms with Gasteiger partial charge < -0.3 is 20.5 Å². The van der Waals surface area contributed by atoms with Crippen molar-refractivity contribution in [3.63, 3.8) is 0 Å². The number of carbonyl (C=O) groups excluding carboxylic acids is 2. The lowest BCUT2D eigenvalue weighted by Gasteiger charge is -2.10. The quantitative estimate of drug-likeness (QED) is 0.574. The summed E-state index contributed by atoms with van der Waals surface area (Å²) in [6.07, 6.45) is 1.64. The third-order valence-electron chi connectivity index (χ3n) is 4.71. The number of benzene rings is 1. The van der Waals surface area contributed by atoms with Crippen LogP contribution in [0.2, 0.25) is 0 Å². The summed E-state index contributed by atoms with van der Waals surface area (Å²) in [5.74, 6) is 5.33. The normalized spacial score (nSPS) is 11.6. The molecule has 8 nitrogen and oxygen atoms in total. The van der Waals surface area contributed by atoms with E-state index in [1.54, 1.807) is 12.3 Å². The molecule has 8 heteroatoms. The zero-order valence-electron chi connectivity index (χ0n) is 18.9. The summed E-state index contributed by atoms with van der Waals surface area (Å²) in [6, 6.07) is 9.36. The van der Waals surface area contributed by atoms with Crippen LogP contribution in [0.25, 0.3) is 22.2 Å². The Hall–Kier alpha value is -3.54. The van der Waals surface area contributed by atoms with E-state index in [1.165, 1.54) is 0 Å². The van der Waals surface area contributed by atoms with Gasteiger partial charge in [0.25, 0.3) is 5.91 Å². The predicted octanol–water partition coefficient (Wildman–Crippen LogP) is 2.26. The number of aliphatic hydroxyl groups excluding tert-OH is 1. The standard InChI is InChI=1S/C23H27N5O2.CH2O/c1-15(2)28-21-13-20(23(24)30)26-22(19(21)14-25-28)17-7-5-6-16(12-17)8-9-18(29)10-11-27(3)4;1-2/h5-7,12-15,18,29H,10-11H2,1-4H3,(H2,24,30);1H2/t18-;/m0./s1. The summed E-state index contributed by atoms with van der Waals surface area (Å²) < 4.78 is 1.84. The predicted molar refractivity (Wildman–Crippen MR) is 125 cm³/mol. The van der Waals surface area contributed by atoms with Crippen LogP contribution in [0.15, 0.2) is 36.5 Å². The van der Waals surface area contributed by atoms with Crippen LogP contribution in [0.1, 0.15) is 42.4 Å². The van der Waals surface area contributed by atoms with E-state index in [0.717, 1.165) is 28.6 Å². The molecule has 168 valence electrons. The van der Waals surface area contributed by atoms with Gasteiger partial charge >= 0.3 is 0 Å². The Balaban J connectivity index is 0.00000176. The van der Waals surface area contributed by atoms with Crippen LogP contribution >= 0.6 is 0 Å². The van der Waals surface area contributed by atoms with Gasteiger partial charge in [-0.15, -0.1) is 0 Å². The van der Waals surface area contributed by atoms with E-state index in [0.29, 0.717) is 12.1 Å². The molecule has 3 N–H and O–H groups in total. The first-order chi connectivity index (χ1) is 15.3. The van der Waals surface area contributed by atoms with Crippen molar-refractivity contribution in [1.29, 1.82) is 0 Å². The van der Waals surface area contributed by atoms with Crippen LogP contribution in [0.5, 0.6) is 0 Å². The van der Waals surface area contributed by atoms with E-state index in [4.69, 9.17) is 10.5 Å². The molecule has 2 aromatic heterocycles. The van der Waals surface area contributed by atoms with Gasteiger partial charge in [-0.2, -0.15) is 5.10 Å². The fraction of sp³-hybridized carbons (Fsp3) is 0.333. The molecule has 1 aromatic carbocycles. The largest absolute Gasteiger partial charge is 0.380 e. The van der Waals surface area contributed by atoms with E-state index >= 15 is 0 Å². The number of hydrogen-bond donors (Lipinski definition) is 2. The van der Waals surface area contributed by atoms with Crippen LogP contribution in [-0.2, 0) is 4.79 Å². The Morgan fingerprint density at radius 2 is 2.00 bits per heavy atom. The summed E-state index contributed by atoms with van der Waals surface area (Å²) in [7, 11) is 3.91. The highest BCUT2D eigenvalue weighted by molar-refractivity contribution is 5.99. The highest BCUT2D eigenvalue weighted by Crippen LogP contribution is 2.29. The van der Waals surface area contributed by atoms with E-state index in [-0.39, 0.29) is 11.7 Å². The van der Waals surface area contributed by atoms with E-state index in [1.807, 2.05) is 68.6 Å². The minimum Gasteiger partial charge on any atom is -0.380 e. The first-order valence-corrected chi connectivity index (χ1v) is 10.2. The summed E-state index contributed by atoms with van der Waals surface area (Å²) in [5, 5.41) is 15.4. The highest BCUT2D eigenvalue weighted by atomic mass is 16.3. The fourth-order valence-corrected chi connectivity index (χ4v) is 3.16. The first-order valence-electron chi connectivity index (χ1n) is 10.2. The molecular formula is C24H29N5O3. The molecule has 0 aliphatic heterocycles. The van der Waals surface area contributed by atoms with Gasteiger partial charge in [0.05, 0.1) is 17.4 Å². The van der Waals surface area contributed by atoms with Gasteiger partial charge in [-0.3, -0.25) is 9.48 Å². The second kappa shape index (κ2) is 11.2. The van der Waals surface area contributed by atoms with Gasteiger partial charge in [0.1, 0.15) is 18.6 Å². The second-order valence-corrected chi connectivity index (χ2v) is 7.79. The van der Waals surface area contributed by atoms with Gasteiger partial charge in [0.15, 0.2) is 0 Å². The topological polar surface area (TPSA) is 114 Å². The van der Waals surface area contributed by atoms with Crippen LogP contribution < -0.4 is 5.73 Å². The molecule has 0 aliphatic carbocycles. The van der Waals surface area contributed by atoms with E-state index in [9.17, 15) is 9.90 Å². The molecule has 0 saturated carbocycles. The molecule has 0 bridgehead atoms. The lowest BCUT2D eigenvalue weighted by Crippen LogP contribution is -2.18. The lowest BCUT2D eigenvalue weighted by atomic mass is 10.0. The Kier molecular flexibility index (Phi) is 8.64. The Bertz CT molecular complexity index is 1140. The minimum absolute atomic E-state index is 0.124. The molecular weight excluding hydrogens is 406 g/mol. The molecule has 2 heterocycles. The number of aromatic nitrogens is 3. The summed E-state index contributed by atoms with van der Waals surface area (Å²) in [5.41, 5.74) is 8.71. The van der Waals surface area contributed by atoms with E-state index < -0.39 is 12.0 Å². The molecule has 32 heavy (non-hydrogen) atoms. The van der Waals surface area contributed by atoms with Crippen molar-refractivity contribution in [1.82, 2.24) is 19.7 Å². The molecule has 0 saturated heterocycles. The third kappa shape index (κ3) is 6.00. The van der Waals surface area contributed by atoms with Gasteiger partial charge in [0, 0.05) is 29.1 Å². The molecule has 0 spiro atoms. The monoisotopic (exact) mass is 435 g/mol. The number of primary amides is 1. The molecule has 0 aliphatic rings. The molecule has 0 unspecified atom stereocenters. The summed E-state index contributed by atoms with van der Waals surface area (Å²) in [6.45, 7) is 6.81. The molecule has 1 atom stereocenters. The maximum absolute atomic E-state index is 11.9. The zero-order valence-corrected chi connectivity index (χ0v) is 18.9. The number of fused-ring (bicyclic) bond motifs is 1. The maximum atomic E-state index is 11.9. The number of rotatable bonds is 6. The molecule has 3 aromatic rings. The van der Waals surface area contributed by atoms with Crippen molar-refractivity contribution in [3.8, 4) is 23.1 Å². The Morgan fingerprint density at radius 3 is 2.62 bits per heavy atom.